The number of guanidine groups is 1. The maximum atomic E-state index is 5.84. The average molecular weight is 470 g/mol. The van der Waals surface area contributed by atoms with Crippen molar-refractivity contribution in [2.75, 3.05) is 13.2 Å². The summed E-state index contributed by atoms with van der Waals surface area (Å²) in [6.07, 6.45) is 2.74. The van der Waals surface area contributed by atoms with Crippen LogP contribution in [-0.4, -0.2) is 30.2 Å². The Morgan fingerprint density at radius 1 is 1.15 bits per heavy atom. The topological polar surface area (TPSA) is 81.8 Å². The van der Waals surface area contributed by atoms with Crippen molar-refractivity contribution in [3.05, 3.63) is 54.2 Å². The van der Waals surface area contributed by atoms with E-state index < -0.39 is 0 Å². The smallest absolute Gasteiger partial charge is 0.213 e. The number of benzene rings is 1. The van der Waals surface area contributed by atoms with E-state index in [1.165, 1.54) is 0 Å². The molecule has 1 heterocycles. The molecule has 1 aromatic carbocycles. The van der Waals surface area contributed by atoms with Gasteiger partial charge in [-0.25, -0.2) is 9.98 Å². The van der Waals surface area contributed by atoms with Crippen LogP contribution >= 0.6 is 24.0 Å². The summed E-state index contributed by atoms with van der Waals surface area (Å²) in [4.78, 5) is 8.57. The molecule has 0 bridgehead atoms. The molecule has 0 radical (unpaired) electrons. The van der Waals surface area contributed by atoms with E-state index in [0.717, 1.165) is 17.7 Å². The second-order valence-corrected chi connectivity index (χ2v) is 5.67. The van der Waals surface area contributed by atoms with E-state index in [2.05, 4.69) is 29.1 Å². The third-order valence-corrected chi connectivity index (χ3v) is 3.58. The van der Waals surface area contributed by atoms with Crippen LogP contribution in [0.15, 0.2) is 53.7 Å². The van der Waals surface area contributed by atoms with Crippen molar-refractivity contribution >= 4 is 29.9 Å². The van der Waals surface area contributed by atoms with Gasteiger partial charge in [-0.1, -0.05) is 31.2 Å². The van der Waals surface area contributed by atoms with Gasteiger partial charge in [0.05, 0.1) is 6.54 Å². The zero-order chi connectivity index (χ0) is 17.9. The highest BCUT2D eigenvalue weighted by Crippen LogP contribution is 2.10. The number of aliphatic imine (C=N–C) groups is 1. The first kappa shape index (κ1) is 22.0. The zero-order valence-corrected chi connectivity index (χ0v) is 17.6. The molecule has 142 valence electrons. The van der Waals surface area contributed by atoms with Gasteiger partial charge in [-0.3, -0.25) is 0 Å². The molecule has 2 aromatic rings. The molecule has 0 aliphatic heterocycles. The van der Waals surface area contributed by atoms with Crippen LogP contribution < -0.4 is 20.5 Å². The van der Waals surface area contributed by atoms with Gasteiger partial charge in [0.15, 0.2) is 5.96 Å². The van der Waals surface area contributed by atoms with Crippen molar-refractivity contribution in [2.45, 2.75) is 32.9 Å². The number of rotatable bonds is 9. The van der Waals surface area contributed by atoms with Gasteiger partial charge in [-0.15, -0.1) is 24.0 Å². The number of pyridine rings is 1. The number of ether oxygens (including phenoxy) is 2. The number of hydrogen-bond donors (Lipinski definition) is 2. The lowest BCUT2D eigenvalue weighted by atomic mass is 10.3. The van der Waals surface area contributed by atoms with Crippen molar-refractivity contribution < 1.29 is 9.47 Å². The molecule has 7 heteroatoms. The largest absolute Gasteiger partial charge is 0.490 e. The SMILES string of the molecule is CCC(C)NC(N)=NCc1ccc(OCCOc2ccccc2)nc1.I. The first-order valence-electron chi connectivity index (χ1n) is 8.49. The summed E-state index contributed by atoms with van der Waals surface area (Å²) in [5, 5.41) is 3.13. The lowest BCUT2D eigenvalue weighted by molar-refractivity contribution is 0.212. The first-order valence-corrected chi connectivity index (χ1v) is 8.49. The maximum Gasteiger partial charge on any atom is 0.213 e. The third kappa shape index (κ3) is 8.37. The van der Waals surface area contributed by atoms with E-state index in [9.17, 15) is 0 Å². The highest BCUT2D eigenvalue weighted by atomic mass is 127. The normalized spacial score (nSPS) is 12.0. The minimum Gasteiger partial charge on any atom is -0.490 e. The fraction of sp³-hybridized carbons (Fsp3) is 0.368. The van der Waals surface area contributed by atoms with Crippen molar-refractivity contribution in [3.8, 4) is 11.6 Å². The molecule has 0 fully saturated rings. The van der Waals surface area contributed by atoms with Crippen molar-refractivity contribution in [2.24, 2.45) is 10.7 Å². The summed E-state index contributed by atoms with van der Waals surface area (Å²) in [7, 11) is 0. The Kier molecular flexibility index (Phi) is 10.5. The summed E-state index contributed by atoms with van der Waals surface area (Å²) in [5.41, 5.74) is 6.81. The van der Waals surface area contributed by atoms with Gasteiger partial charge in [0.25, 0.3) is 0 Å². The summed E-state index contributed by atoms with van der Waals surface area (Å²) < 4.78 is 11.1. The molecular weight excluding hydrogens is 443 g/mol. The van der Waals surface area contributed by atoms with E-state index in [1.54, 1.807) is 6.20 Å². The number of halogens is 1. The van der Waals surface area contributed by atoms with Crippen LogP contribution in [0, 0.1) is 0 Å². The summed E-state index contributed by atoms with van der Waals surface area (Å²) in [5.74, 6) is 1.85. The third-order valence-electron chi connectivity index (χ3n) is 3.58. The monoisotopic (exact) mass is 470 g/mol. The Hall–Kier alpha value is -2.03. The van der Waals surface area contributed by atoms with Gasteiger partial charge >= 0.3 is 0 Å². The molecule has 0 amide bonds. The fourth-order valence-electron chi connectivity index (χ4n) is 1.99. The molecule has 1 atom stereocenters. The predicted octanol–water partition coefficient (Wildman–Crippen LogP) is 3.36. The standard InChI is InChI=1S/C19H26N4O2.HI/c1-3-15(2)23-19(20)22-14-16-9-10-18(21-13-16)25-12-11-24-17-7-5-4-6-8-17;/h4-10,13,15H,3,11-12,14H2,1-2H3,(H3,20,22,23);1H. The Morgan fingerprint density at radius 2 is 1.88 bits per heavy atom. The molecule has 0 spiro atoms. The molecular formula is C19H27IN4O2. The maximum absolute atomic E-state index is 5.84. The molecule has 26 heavy (non-hydrogen) atoms. The van der Waals surface area contributed by atoms with Gasteiger partial charge in [-0.05, 0) is 31.0 Å². The lowest BCUT2D eigenvalue weighted by Crippen LogP contribution is -2.38. The van der Waals surface area contributed by atoms with Crippen LogP contribution in [0.1, 0.15) is 25.8 Å². The predicted molar refractivity (Wildman–Crippen MR) is 115 cm³/mol. The minimum atomic E-state index is 0. The average Bonchev–Trinajstić information content (AvgIpc) is 2.65. The molecule has 0 saturated carbocycles. The Balaban J connectivity index is 0.00000338. The zero-order valence-electron chi connectivity index (χ0n) is 15.2. The van der Waals surface area contributed by atoms with Crippen LogP contribution in [0.3, 0.4) is 0 Å². The molecule has 1 unspecified atom stereocenters. The van der Waals surface area contributed by atoms with E-state index in [-0.39, 0.29) is 24.0 Å². The number of hydrogen-bond acceptors (Lipinski definition) is 4. The minimum absolute atomic E-state index is 0. The second kappa shape index (κ2) is 12.3. The van der Waals surface area contributed by atoms with Crippen LogP contribution in [0.4, 0.5) is 0 Å². The molecule has 6 nitrogen and oxygen atoms in total. The number of nitrogens with zero attached hydrogens (tertiary/aromatic N) is 2. The number of aromatic nitrogens is 1. The highest BCUT2D eigenvalue weighted by molar-refractivity contribution is 14.0. The van der Waals surface area contributed by atoms with Gasteiger partial charge < -0.3 is 20.5 Å². The van der Waals surface area contributed by atoms with E-state index in [4.69, 9.17) is 15.2 Å². The quantitative estimate of drug-likeness (QED) is 0.254. The van der Waals surface area contributed by atoms with Crippen molar-refractivity contribution in [3.63, 3.8) is 0 Å². The number of para-hydroxylation sites is 1. The van der Waals surface area contributed by atoms with E-state index in [1.807, 2.05) is 42.5 Å². The lowest BCUT2D eigenvalue weighted by Gasteiger charge is -2.11. The number of nitrogens with one attached hydrogen (secondary N) is 1. The summed E-state index contributed by atoms with van der Waals surface area (Å²) >= 11 is 0. The van der Waals surface area contributed by atoms with Gasteiger partial charge in [0.1, 0.15) is 19.0 Å². The molecule has 0 saturated heterocycles. The van der Waals surface area contributed by atoms with E-state index >= 15 is 0 Å². The molecule has 3 N–H and O–H groups in total. The van der Waals surface area contributed by atoms with Crippen molar-refractivity contribution in [1.82, 2.24) is 10.3 Å². The highest BCUT2D eigenvalue weighted by Gasteiger charge is 2.00. The van der Waals surface area contributed by atoms with Gasteiger partial charge in [-0.2, -0.15) is 0 Å². The Bertz CT molecular complexity index is 650. The second-order valence-electron chi connectivity index (χ2n) is 5.67. The van der Waals surface area contributed by atoms with E-state index in [0.29, 0.717) is 37.6 Å². The van der Waals surface area contributed by atoms with Gasteiger partial charge in [0.2, 0.25) is 5.88 Å². The first-order chi connectivity index (χ1) is 12.2. The van der Waals surface area contributed by atoms with Crippen LogP contribution in [0.25, 0.3) is 0 Å². The molecule has 2 rings (SSSR count). The molecule has 0 aliphatic carbocycles. The fourth-order valence-corrected chi connectivity index (χ4v) is 1.99. The Morgan fingerprint density at radius 3 is 2.54 bits per heavy atom. The van der Waals surface area contributed by atoms with Crippen LogP contribution in [-0.2, 0) is 6.54 Å². The van der Waals surface area contributed by atoms with Crippen LogP contribution in [0.2, 0.25) is 0 Å². The Labute approximate surface area is 172 Å². The van der Waals surface area contributed by atoms with Crippen LogP contribution in [0.5, 0.6) is 11.6 Å². The van der Waals surface area contributed by atoms with Gasteiger partial charge in [0, 0.05) is 18.3 Å². The van der Waals surface area contributed by atoms with Crippen molar-refractivity contribution in [1.29, 1.82) is 0 Å². The molecule has 1 aromatic heterocycles. The molecule has 0 aliphatic rings. The summed E-state index contributed by atoms with van der Waals surface area (Å²) in [6.45, 7) is 5.55. The summed E-state index contributed by atoms with van der Waals surface area (Å²) in [6, 6.07) is 13.7. The number of nitrogens with two attached hydrogens (primary N) is 1.